The fourth-order valence-electron chi connectivity index (χ4n) is 3.76. The van der Waals surface area contributed by atoms with Gasteiger partial charge in [0.15, 0.2) is 0 Å². The molecule has 0 unspecified atom stereocenters. The Morgan fingerprint density at radius 1 is 1.31 bits per heavy atom. The molecule has 1 aromatic heterocycles. The van der Waals surface area contributed by atoms with Crippen LogP contribution in [0.3, 0.4) is 0 Å². The summed E-state index contributed by atoms with van der Waals surface area (Å²) in [6, 6.07) is 8.80. The predicted molar refractivity (Wildman–Crippen MR) is 103 cm³/mol. The van der Waals surface area contributed by atoms with Crippen LogP contribution in [0, 0.1) is 5.92 Å². The largest absolute Gasteiger partial charge is 0.392 e. The minimum absolute atomic E-state index is 0.112. The Bertz CT molecular complexity index is 847. The van der Waals surface area contributed by atoms with Crippen molar-refractivity contribution in [1.29, 1.82) is 0 Å². The van der Waals surface area contributed by atoms with E-state index in [1.54, 1.807) is 6.33 Å². The first-order chi connectivity index (χ1) is 12.7. The molecule has 1 N–H and O–H groups in total. The van der Waals surface area contributed by atoms with Crippen LogP contribution in [-0.4, -0.2) is 33.0 Å². The van der Waals surface area contributed by atoms with Gasteiger partial charge < -0.3 is 14.6 Å². The molecule has 26 heavy (non-hydrogen) atoms. The quantitative estimate of drug-likeness (QED) is 0.869. The molecule has 0 bridgehead atoms. The highest BCUT2D eigenvalue weighted by atomic mass is 16.3. The fourth-order valence-corrected chi connectivity index (χ4v) is 3.76. The second kappa shape index (κ2) is 7.08. The van der Waals surface area contributed by atoms with E-state index in [9.17, 15) is 5.11 Å². The molecule has 5 nitrogen and oxygen atoms in total. The Morgan fingerprint density at radius 2 is 2.15 bits per heavy atom. The average molecular weight is 350 g/mol. The van der Waals surface area contributed by atoms with Gasteiger partial charge in [-0.3, -0.25) is 0 Å². The zero-order chi connectivity index (χ0) is 18.1. The highest BCUT2D eigenvalue weighted by Crippen LogP contribution is 2.43. The molecule has 0 saturated heterocycles. The minimum Gasteiger partial charge on any atom is -0.392 e. The number of rotatable bonds is 6. The number of hydrogen-bond donors (Lipinski definition) is 1. The smallest absolute Gasteiger partial charge is 0.133 e. The number of anilines is 1. The predicted octanol–water partition coefficient (Wildman–Crippen LogP) is 3.19. The summed E-state index contributed by atoms with van der Waals surface area (Å²) in [4.78, 5) is 2.38. The highest BCUT2D eigenvalue weighted by molar-refractivity contribution is 5.59. The third-order valence-corrected chi connectivity index (χ3v) is 5.41. The summed E-state index contributed by atoms with van der Waals surface area (Å²) in [6.45, 7) is 3.22. The maximum absolute atomic E-state index is 9.76. The van der Waals surface area contributed by atoms with Crippen molar-refractivity contribution in [2.24, 2.45) is 13.0 Å². The number of aliphatic hydroxyl groups excluding tert-OH is 1. The van der Waals surface area contributed by atoms with Gasteiger partial charge in [-0.15, -0.1) is 10.2 Å². The Labute approximate surface area is 154 Å². The molecule has 2 aromatic rings. The van der Waals surface area contributed by atoms with Gasteiger partial charge in [0.25, 0.3) is 0 Å². The van der Waals surface area contributed by atoms with E-state index in [0.717, 1.165) is 24.4 Å². The lowest BCUT2D eigenvalue weighted by Gasteiger charge is -2.31. The summed E-state index contributed by atoms with van der Waals surface area (Å²) in [5.41, 5.74) is 4.90. The van der Waals surface area contributed by atoms with E-state index in [1.807, 2.05) is 11.6 Å². The van der Waals surface area contributed by atoms with Crippen molar-refractivity contribution in [1.82, 2.24) is 14.8 Å². The Kier molecular flexibility index (Phi) is 4.64. The second-order valence-corrected chi connectivity index (χ2v) is 7.41. The van der Waals surface area contributed by atoms with Crippen LogP contribution < -0.4 is 4.90 Å². The summed E-state index contributed by atoms with van der Waals surface area (Å²) in [5.74, 6) is 1.97. The maximum atomic E-state index is 9.76. The molecule has 1 atom stereocenters. The monoisotopic (exact) mass is 350 g/mol. The standard InChI is InChI=1S/C21H26N4O/c1-15(11-20-23-22-14-24(20)2)17-5-3-7-19(12-17)25-10-4-6-18(13-26)21(25)16-8-9-16/h3-7,12,14-16,26H,8-11,13H2,1-2H3/t15-/m1/s1. The number of allylic oxidation sites excluding steroid dienone is 1. The molecular formula is C21H26N4O. The minimum atomic E-state index is 0.112. The number of benzene rings is 1. The lowest BCUT2D eigenvalue weighted by molar-refractivity contribution is 0.332. The summed E-state index contributed by atoms with van der Waals surface area (Å²) in [5, 5.41) is 18.0. The molecule has 2 aliphatic rings. The maximum Gasteiger partial charge on any atom is 0.133 e. The van der Waals surface area contributed by atoms with Crippen molar-refractivity contribution in [2.75, 3.05) is 18.1 Å². The zero-order valence-corrected chi connectivity index (χ0v) is 15.5. The van der Waals surface area contributed by atoms with Crippen molar-refractivity contribution in [2.45, 2.75) is 32.1 Å². The molecular weight excluding hydrogens is 324 g/mol. The normalized spacial score (nSPS) is 18.5. The number of nitrogens with zero attached hydrogens (tertiary/aromatic N) is 4. The molecule has 1 aromatic carbocycles. The molecule has 1 saturated carbocycles. The molecule has 2 heterocycles. The van der Waals surface area contributed by atoms with Crippen molar-refractivity contribution in [3.63, 3.8) is 0 Å². The first-order valence-electron chi connectivity index (χ1n) is 9.38. The Balaban J connectivity index is 1.60. The molecule has 1 aliphatic carbocycles. The van der Waals surface area contributed by atoms with Gasteiger partial charge in [0, 0.05) is 31.4 Å². The summed E-state index contributed by atoms with van der Waals surface area (Å²) >= 11 is 0. The molecule has 1 fully saturated rings. The van der Waals surface area contributed by atoms with E-state index in [0.29, 0.717) is 11.8 Å². The van der Waals surface area contributed by atoms with Gasteiger partial charge in [0.05, 0.1) is 6.61 Å². The van der Waals surface area contributed by atoms with Crippen LogP contribution in [0.15, 0.2) is 54.0 Å². The third-order valence-electron chi connectivity index (χ3n) is 5.41. The van der Waals surface area contributed by atoms with Gasteiger partial charge in [-0.25, -0.2) is 0 Å². The van der Waals surface area contributed by atoms with Gasteiger partial charge in [0.1, 0.15) is 12.2 Å². The van der Waals surface area contributed by atoms with Crippen molar-refractivity contribution < 1.29 is 5.11 Å². The average Bonchev–Trinajstić information content (AvgIpc) is 3.44. The number of aryl methyl sites for hydroxylation is 1. The number of aromatic nitrogens is 3. The van der Waals surface area contributed by atoms with Crippen LogP contribution in [0.25, 0.3) is 0 Å². The van der Waals surface area contributed by atoms with Gasteiger partial charge in [-0.1, -0.05) is 31.2 Å². The second-order valence-electron chi connectivity index (χ2n) is 7.41. The van der Waals surface area contributed by atoms with E-state index >= 15 is 0 Å². The van der Waals surface area contributed by atoms with Crippen molar-refractivity contribution in [3.8, 4) is 0 Å². The van der Waals surface area contributed by atoms with Crippen LogP contribution in [0.2, 0.25) is 0 Å². The summed E-state index contributed by atoms with van der Waals surface area (Å²) < 4.78 is 1.98. The number of hydrogen-bond acceptors (Lipinski definition) is 4. The third kappa shape index (κ3) is 3.31. The first-order valence-corrected chi connectivity index (χ1v) is 9.38. The lowest BCUT2D eigenvalue weighted by Crippen LogP contribution is -2.28. The molecule has 1 aliphatic heterocycles. The zero-order valence-electron chi connectivity index (χ0n) is 15.5. The van der Waals surface area contributed by atoms with E-state index in [-0.39, 0.29) is 6.61 Å². The highest BCUT2D eigenvalue weighted by Gasteiger charge is 2.33. The van der Waals surface area contributed by atoms with E-state index < -0.39 is 0 Å². The molecule has 0 radical (unpaired) electrons. The molecule has 4 rings (SSSR count). The number of aliphatic hydroxyl groups is 1. The van der Waals surface area contributed by atoms with Crippen LogP contribution in [0.1, 0.15) is 37.1 Å². The van der Waals surface area contributed by atoms with Crippen molar-refractivity contribution in [3.05, 3.63) is 65.4 Å². The molecule has 136 valence electrons. The van der Waals surface area contributed by atoms with Crippen LogP contribution in [0.4, 0.5) is 5.69 Å². The van der Waals surface area contributed by atoms with E-state index in [4.69, 9.17) is 0 Å². The Morgan fingerprint density at radius 3 is 2.85 bits per heavy atom. The van der Waals surface area contributed by atoms with Gasteiger partial charge in [-0.2, -0.15) is 0 Å². The van der Waals surface area contributed by atoms with E-state index in [2.05, 4.69) is 58.4 Å². The Hall–Kier alpha value is -2.40. The fraction of sp³-hybridized carbons (Fsp3) is 0.429. The SMILES string of the molecule is C[C@H](Cc1nncn1C)c1cccc(N2CC=CC(CO)=C2C2CC2)c1. The summed E-state index contributed by atoms with van der Waals surface area (Å²) in [7, 11) is 1.99. The van der Waals surface area contributed by atoms with Crippen LogP contribution >= 0.6 is 0 Å². The van der Waals surface area contributed by atoms with Gasteiger partial charge in [-0.05, 0) is 47.9 Å². The van der Waals surface area contributed by atoms with Crippen LogP contribution in [-0.2, 0) is 13.5 Å². The van der Waals surface area contributed by atoms with Gasteiger partial charge >= 0.3 is 0 Å². The first kappa shape index (κ1) is 17.0. The van der Waals surface area contributed by atoms with Crippen LogP contribution in [0.5, 0.6) is 0 Å². The molecule has 0 spiro atoms. The van der Waals surface area contributed by atoms with Gasteiger partial charge in [0.2, 0.25) is 0 Å². The van der Waals surface area contributed by atoms with Crippen molar-refractivity contribution >= 4 is 5.69 Å². The topological polar surface area (TPSA) is 54.2 Å². The summed E-state index contributed by atoms with van der Waals surface area (Å²) in [6.07, 6.45) is 9.31. The molecule has 0 amide bonds. The van der Waals surface area contributed by atoms with E-state index in [1.165, 1.54) is 29.8 Å². The lowest BCUT2D eigenvalue weighted by atomic mass is 9.96. The molecule has 5 heteroatoms.